The third-order valence-electron chi connectivity index (χ3n) is 4.43. The first kappa shape index (κ1) is 15.4. The van der Waals surface area contributed by atoms with Crippen LogP contribution in [0.2, 0.25) is 0 Å². The molecule has 0 bridgehead atoms. The van der Waals surface area contributed by atoms with Crippen molar-refractivity contribution in [2.75, 3.05) is 18.4 Å². The number of likely N-dealkylation sites (tertiary alicyclic amines) is 1. The van der Waals surface area contributed by atoms with E-state index in [0.29, 0.717) is 13.1 Å². The number of aryl methyl sites for hydroxylation is 2. The van der Waals surface area contributed by atoms with Gasteiger partial charge >= 0.3 is 6.03 Å². The summed E-state index contributed by atoms with van der Waals surface area (Å²) in [4.78, 5) is 24.2. The van der Waals surface area contributed by atoms with E-state index in [2.05, 4.69) is 15.3 Å². The van der Waals surface area contributed by atoms with Gasteiger partial charge in [0.15, 0.2) is 5.13 Å². The number of anilines is 1. The Morgan fingerprint density at radius 3 is 3.12 bits per heavy atom. The topological polar surface area (TPSA) is 67.4 Å². The molecule has 126 valence electrons. The number of carbonyl (C=O) groups excluding carboxylic acids is 1. The molecule has 1 N–H and O–H groups in total. The number of aromatic nitrogens is 2. The predicted molar refractivity (Wildman–Crippen MR) is 92.6 cm³/mol. The Balaban J connectivity index is 1.33. The summed E-state index contributed by atoms with van der Waals surface area (Å²) in [5, 5.41) is 3.68. The van der Waals surface area contributed by atoms with Crippen LogP contribution in [0.25, 0.3) is 0 Å². The molecule has 24 heavy (non-hydrogen) atoms. The van der Waals surface area contributed by atoms with Crippen molar-refractivity contribution in [3.63, 3.8) is 0 Å². The highest BCUT2D eigenvalue weighted by Crippen LogP contribution is 2.30. The Kier molecular flexibility index (Phi) is 4.34. The van der Waals surface area contributed by atoms with E-state index in [1.165, 1.54) is 23.4 Å². The van der Waals surface area contributed by atoms with Gasteiger partial charge < -0.3 is 9.64 Å². The fourth-order valence-electron chi connectivity index (χ4n) is 3.19. The van der Waals surface area contributed by atoms with Crippen molar-refractivity contribution in [1.29, 1.82) is 0 Å². The van der Waals surface area contributed by atoms with Gasteiger partial charge in [-0.15, -0.1) is 11.3 Å². The monoisotopic (exact) mass is 344 g/mol. The van der Waals surface area contributed by atoms with E-state index in [-0.39, 0.29) is 12.1 Å². The second kappa shape index (κ2) is 6.76. The molecule has 1 atom stereocenters. The average Bonchev–Trinajstić information content (AvgIpc) is 3.22. The Morgan fingerprint density at radius 2 is 2.29 bits per heavy atom. The zero-order valence-electron chi connectivity index (χ0n) is 13.4. The summed E-state index contributed by atoms with van der Waals surface area (Å²) in [5.41, 5.74) is 1.17. The highest BCUT2D eigenvalue weighted by atomic mass is 32.1. The number of thiazole rings is 1. The molecule has 2 aromatic rings. The largest absolute Gasteiger partial charge is 0.487 e. The maximum absolute atomic E-state index is 12.4. The van der Waals surface area contributed by atoms with Crippen LogP contribution in [0.4, 0.5) is 9.93 Å². The lowest BCUT2D eigenvalue weighted by Crippen LogP contribution is -2.34. The molecular formula is C17H20N4O2S. The molecular weight excluding hydrogens is 324 g/mol. The van der Waals surface area contributed by atoms with Gasteiger partial charge in [0.2, 0.25) is 0 Å². The third kappa shape index (κ3) is 3.36. The van der Waals surface area contributed by atoms with Gasteiger partial charge in [0, 0.05) is 24.0 Å². The lowest BCUT2D eigenvalue weighted by Gasteiger charge is -2.17. The normalized spacial score (nSPS) is 19.8. The SMILES string of the molecule is O=C(Nc1nc2c(s1)CCCC2)N1CC[C@@H](Oc2cccnc2)C1. The highest BCUT2D eigenvalue weighted by molar-refractivity contribution is 7.15. The minimum Gasteiger partial charge on any atom is -0.487 e. The first-order valence-corrected chi connectivity index (χ1v) is 9.21. The van der Waals surface area contributed by atoms with Crippen LogP contribution < -0.4 is 10.1 Å². The van der Waals surface area contributed by atoms with Gasteiger partial charge in [0.1, 0.15) is 11.9 Å². The number of rotatable bonds is 3. The molecule has 1 aliphatic heterocycles. The molecule has 0 radical (unpaired) electrons. The number of hydrogen-bond acceptors (Lipinski definition) is 5. The molecule has 1 saturated heterocycles. The number of pyridine rings is 1. The summed E-state index contributed by atoms with van der Waals surface area (Å²) in [5.74, 6) is 0.748. The van der Waals surface area contributed by atoms with Crippen LogP contribution in [0.15, 0.2) is 24.5 Å². The van der Waals surface area contributed by atoms with Crippen LogP contribution in [-0.2, 0) is 12.8 Å². The van der Waals surface area contributed by atoms with E-state index in [9.17, 15) is 4.79 Å². The van der Waals surface area contributed by atoms with E-state index >= 15 is 0 Å². The van der Waals surface area contributed by atoms with Crippen LogP contribution in [0, 0.1) is 0 Å². The first-order valence-electron chi connectivity index (χ1n) is 8.39. The number of nitrogens with one attached hydrogen (secondary N) is 1. The third-order valence-corrected chi connectivity index (χ3v) is 5.50. The van der Waals surface area contributed by atoms with Crippen LogP contribution in [0.3, 0.4) is 0 Å². The zero-order valence-corrected chi connectivity index (χ0v) is 14.2. The molecule has 0 saturated carbocycles. The standard InChI is InChI=1S/C17H20N4O2S/c22-17(20-16-19-14-5-1-2-6-15(14)24-16)21-9-7-13(11-21)23-12-4-3-8-18-10-12/h3-4,8,10,13H,1-2,5-7,9,11H2,(H,19,20,22)/t13-/m1/s1. The number of hydrogen-bond donors (Lipinski definition) is 1. The molecule has 2 aromatic heterocycles. The highest BCUT2D eigenvalue weighted by Gasteiger charge is 2.28. The first-order chi connectivity index (χ1) is 11.8. The van der Waals surface area contributed by atoms with Crippen LogP contribution in [0.5, 0.6) is 5.75 Å². The molecule has 2 aliphatic rings. The van der Waals surface area contributed by atoms with Gasteiger partial charge in [0.25, 0.3) is 0 Å². The van der Waals surface area contributed by atoms with Crippen molar-refractivity contribution in [2.45, 2.75) is 38.2 Å². The van der Waals surface area contributed by atoms with Gasteiger partial charge in [-0.3, -0.25) is 10.3 Å². The molecule has 3 heterocycles. The Labute approximate surface area is 144 Å². The summed E-state index contributed by atoms with van der Waals surface area (Å²) in [7, 11) is 0. The van der Waals surface area contributed by atoms with Crippen LogP contribution >= 0.6 is 11.3 Å². The molecule has 0 spiro atoms. The van der Waals surface area contributed by atoms with Crippen LogP contribution in [0.1, 0.15) is 29.8 Å². The van der Waals surface area contributed by atoms with E-state index < -0.39 is 0 Å². The van der Waals surface area contributed by atoms with E-state index in [1.807, 2.05) is 12.1 Å². The summed E-state index contributed by atoms with van der Waals surface area (Å²) in [6.45, 7) is 1.29. The second-order valence-corrected chi connectivity index (χ2v) is 7.27. The number of carbonyl (C=O) groups is 1. The van der Waals surface area contributed by atoms with Crippen molar-refractivity contribution in [3.8, 4) is 5.75 Å². The van der Waals surface area contributed by atoms with Crippen LogP contribution in [-0.4, -0.2) is 40.1 Å². The zero-order chi connectivity index (χ0) is 16.4. The van der Waals surface area contributed by atoms with Crippen molar-refractivity contribution in [3.05, 3.63) is 35.1 Å². The summed E-state index contributed by atoms with van der Waals surface area (Å²) >= 11 is 1.62. The molecule has 4 rings (SSSR count). The van der Waals surface area contributed by atoms with Gasteiger partial charge in [-0.05, 0) is 37.8 Å². The quantitative estimate of drug-likeness (QED) is 0.929. The lowest BCUT2D eigenvalue weighted by molar-refractivity contribution is 0.194. The molecule has 2 amide bonds. The molecule has 0 unspecified atom stereocenters. The fourth-order valence-corrected chi connectivity index (χ4v) is 4.23. The fraction of sp³-hybridized carbons (Fsp3) is 0.471. The minimum atomic E-state index is -0.0848. The number of urea groups is 1. The van der Waals surface area contributed by atoms with Crippen molar-refractivity contribution < 1.29 is 9.53 Å². The van der Waals surface area contributed by atoms with Gasteiger partial charge in [-0.2, -0.15) is 0 Å². The number of fused-ring (bicyclic) bond motifs is 1. The number of amides is 2. The molecule has 0 aromatic carbocycles. The Bertz CT molecular complexity index is 695. The average molecular weight is 344 g/mol. The molecule has 1 fully saturated rings. The summed E-state index contributed by atoms with van der Waals surface area (Å²) < 4.78 is 5.88. The maximum Gasteiger partial charge on any atom is 0.323 e. The van der Waals surface area contributed by atoms with Crippen molar-refractivity contribution >= 4 is 22.5 Å². The lowest BCUT2D eigenvalue weighted by atomic mass is 10.0. The predicted octanol–water partition coefficient (Wildman–Crippen LogP) is 3.10. The minimum absolute atomic E-state index is 0.0180. The van der Waals surface area contributed by atoms with E-state index in [1.54, 1.807) is 28.6 Å². The van der Waals surface area contributed by atoms with Crippen molar-refractivity contribution in [2.24, 2.45) is 0 Å². The Hall–Kier alpha value is -2.15. The van der Waals surface area contributed by atoms with Crippen molar-refractivity contribution in [1.82, 2.24) is 14.9 Å². The molecule has 7 heteroatoms. The molecule has 6 nitrogen and oxygen atoms in total. The summed E-state index contributed by atoms with van der Waals surface area (Å²) in [6.07, 6.45) is 8.81. The maximum atomic E-state index is 12.4. The molecule has 1 aliphatic carbocycles. The van der Waals surface area contributed by atoms with Gasteiger partial charge in [-0.25, -0.2) is 9.78 Å². The second-order valence-electron chi connectivity index (χ2n) is 6.19. The number of ether oxygens (including phenoxy) is 1. The Morgan fingerprint density at radius 1 is 1.38 bits per heavy atom. The van der Waals surface area contributed by atoms with E-state index in [4.69, 9.17) is 4.74 Å². The van der Waals surface area contributed by atoms with Gasteiger partial charge in [-0.1, -0.05) is 0 Å². The van der Waals surface area contributed by atoms with Gasteiger partial charge in [0.05, 0.1) is 18.4 Å². The number of nitrogens with zero attached hydrogens (tertiary/aromatic N) is 3. The smallest absolute Gasteiger partial charge is 0.323 e. The van der Waals surface area contributed by atoms with E-state index in [0.717, 1.165) is 30.1 Å². The summed E-state index contributed by atoms with van der Waals surface area (Å²) in [6, 6.07) is 3.65.